The molecule has 0 saturated carbocycles. The van der Waals surface area contributed by atoms with Gasteiger partial charge in [0.1, 0.15) is 5.75 Å². The lowest BCUT2D eigenvalue weighted by Gasteiger charge is -2.35. The number of carbonyl (C=O) groups is 3. The Bertz CT molecular complexity index is 883. The smallest absolute Gasteiger partial charge is 0.414 e. The molecular formula is C22H25ClN2O6. The van der Waals surface area contributed by atoms with E-state index < -0.39 is 11.9 Å². The van der Waals surface area contributed by atoms with Crippen molar-refractivity contribution in [3.63, 3.8) is 0 Å². The van der Waals surface area contributed by atoms with Gasteiger partial charge in [-0.05, 0) is 42.3 Å². The number of carboxylic acid groups (broad SMARTS) is 2. The van der Waals surface area contributed by atoms with Crippen molar-refractivity contribution in [2.45, 2.75) is 13.5 Å². The van der Waals surface area contributed by atoms with E-state index in [0.717, 1.165) is 32.7 Å². The van der Waals surface area contributed by atoms with Gasteiger partial charge in [-0.3, -0.25) is 9.69 Å². The minimum absolute atomic E-state index is 0.0329. The van der Waals surface area contributed by atoms with Crippen LogP contribution in [0.25, 0.3) is 0 Å². The van der Waals surface area contributed by atoms with Gasteiger partial charge < -0.3 is 19.8 Å². The molecule has 0 aromatic heterocycles. The molecule has 0 spiro atoms. The first kappa shape index (κ1) is 24.2. The van der Waals surface area contributed by atoms with Gasteiger partial charge in [0.2, 0.25) is 0 Å². The second kappa shape index (κ2) is 11.9. The molecule has 0 bridgehead atoms. The van der Waals surface area contributed by atoms with Gasteiger partial charge >= 0.3 is 11.9 Å². The molecule has 0 atom stereocenters. The second-order valence-electron chi connectivity index (χ2n) is 6.94. The van der Waals surface area contributed by atoms with Crippen LogP contribution in [0.3, 0.4) is 0 Å². The van der Waals surface area contributed by atoms with Crippen molar-refractivity contribution in [1.29, 1.82) is 0 Å². The highest BCUT2D eigenvalue weighted by Gasteiger charge is 2.21. The molecule has 0 aliphatic carbocycles. The molecule has 2 aromatic rings. The summed E-state index contributed by atoms with van der Waals surface area (Å²) in [5.41, 5.74) is 2.67. The maximum Gasteiger partial charge on any atom is 0.414 e. The van der Waals surface area contributed by atoms with Gasteiger partial charge in [0.25, 0.3) is 5.91 Å². The van der Waals surface area contributed by atoms with Crippen molar-refractivity contribution in [3.8, 4) is 5.75 Å². The fraction of sp³-hybridized carbons (Fsp3) is 0.318. The number of benzene rings is 2. The largest absolute Gasteiger partial charge is 0.484 e. The van der Waals surface area contributed by atoms with Gasteiger partial charge in [-0.25, -0.2) is 9.59 Å². The Morgan fingerprint density at radius 1 is 0.935 bits per heavy atom. The molecule has 1 aliphatic rings. The van der Waals surface area contributed by atoms with Gasteiger partial charge in [0, 0.05) is 37.7 Å². The summed E-state index contributed by atoms with van der Waals surface area (Å²) in [6.07, 6.45) is 0. The first-order chi connectivity index (χ1) is 14.8. The normalized spacial score (nSPS) is 13.7. The van der Waals surface area contributed by atoms with Crippen LogP contribution in [-0.2, 0) is 20.9 Å². The lowest BCUT2D eigenvalue weighted by Crippen LogP contribution is -2.49. The van der Waals surface area contributed by atoms with E-state index in [4.69, 9.17) is 36.1 Å². The zero-order valence-electron chi connectivity index (χ0n) is 17.2. The molecule has 0 unspecified atom stereocenters. The molecule has 1 saturated heterocycles. The van der Waals surface area contributed by atoms with Crippen LogP contribution in [0.2, 0.25) is 5.02 Å². The van der Waals surface area contributed by atoms with E-state index >= 15 is 0 Å². The number of nitrogens with zero attached hydrogens (tertiary/aromatic N) is 2. The predicted octanol–water partition coefficient (Wildman–Crippen LogP) is 2.53. The van der Waals surface area contributed by atoms with E-state index in [1.807, 2.05) is 4.90 Å². The second-order valence-corrected chi connectivity index (χ2v) is 7.37. The van der Waals surface area contributed by atoms with Crippen molar-refractivity contribution in [3.05, 3.63) is 64.7 Å². The first-order valence-electron chi connectivity index (χ1n) is 9.65. The maximum atomic E-state index is 12.3. The van der Waals surface area contributed by atoms with Crippen molar-refractivity contribution in [2.75, 3.05) is 32.8 Å². The number of ether oxygens (including phenoxy) is 1. The Kier molecular flexibility index (Phi) is 9.30. The molecule has 2 N–H and O–H groups in total. The number of hydrogen-bond acceptors (Lipinski definition) is 5. The molecule has 3 rings (SSSR count). The highest BCUT2D eigenvalue weighted by molar-refractivity contribution is 6.30. The van der Waals surface area contributed by atoms with E-state index in [0.29, 0.717) is 10.8 Å². The van der Waals surface area contributed by atoms with Gasteiger partial charge in [-0.2, -0.15) is 0 Å². The lowest BCUT2D eigenvalue weighted by atomic mass is 10.1. The molecule has 1 amide bonds. The average molecular weight is 449 g/mol. The summed E-state index contributed by atoms with van der Waals surface area (Å²) in [5, 5.41) is 15.4. The Labute approximate surface area is 185 Å². The Balaban J connectivity index is 0.000000501. The summed E-state index contributed by atoms with van der Waals surface area (Å²) < 4.78 is 5.55. The third-order valence-corrected chi connectivity index (χ3v) is 4.99. The number of halogens is 1. The summed E-state index contributed by atoms with van der Waals surface area (Å²) in [4.78, 5) is 34.8. The van der Waals surface area contributed by atoms with Crippen LogP contribution >= 0.6 is 11.6 Å². The van der Waals surface area contributed by atoms with Crippen molar-refractivity contribution in [2.24, 2.45) is 0 Å². The topological polar surface area (TPSA) is 107 Å². The van der Waals surface area contributed by atoms with E-state index in [9.17, 15) is 4.79 Å². The molecule has 0 radical (unpaired) electrons. The molecule has 1 heterocycles. The van der Waals surface area contributed by atoms with Crippen LogP contribution in [0.15, 0.2) is 48.5 Å². The number of aryl methyl sites for hydroxylation is 1. The molecule has 31 heavy (non-hydrogen) atoms. The van der Waals surface area contributed by atoms with Crippen LogP contribution in [0, 0.1) is 6.92 Å². The van der Waals surface area contributed by atoms with E-state index in [-0.39, 0.29) is 12.5 Å². The number of hydrogen-bond donors (Lipinski definition) is 2. The number of rotatable bonds is 5. The van der Waals surface area contributed by atoms with E-state index in [2.05, 4.69) is 36.1 Å². The highest BCUT2D eigenvalue weighted by atomic mass is 35.5. The van der Waals surface area contributed by atoms with Crippen LogP contribution in [0.4, 0.5) is 0 Å². The minimum Gasteiger partial charge on any atom is -0.484 e. The Morgan fingerprint density at radius 2 is 1.52 bits per heavy atom. The summed E-state index contributed by atoms with van der Waals surface area (Å²) in [6.45, 7) is 6.42. The van der Waals surface area contributed by atoms with Crippen molar-refractivity contribution >= 4 is 29.4 Å². The molecule has 166 valence electrons. The summed E-state index contributed by atoms with van der Waals surface area (Å²) in [7, 11) is 0. The molecule has 9 heteroatoms. The molecule has 2 aromatic carbocycles. The molecule has 1 fully saturated rings. The fourth-order valence-corrected chi connectivity index (χ4v) is 3.08. The predicted molar refractivity (Wildman–Crippen MR) is 115 cm³/mol. The SMILES string of the molecule is Cc1ccccc1CN1CCN(C(=O)COc2ccc(Cl)cc2)CC1.O=C(O)C(=O)O. The van der Waals surface area contributed by atoms with Crippen LogP contribution in [-0.4, -0.2) is 70.6 Å². The van der Waals surface area contributed by atoms with Crippen LogP contribution in [0.1, 0.15) is 11.1 Å². The molecular weight excluding hydrogens is 424 g/mol. The highest BCUT2D eigenvalue weighted by Crippen LogP contribution is 2.16. The van der Waals surface area contributed by atoms with Crippen molar-refractivity contribution < 1.29 is 29.3 Å². The van der Waals surface area contributed by atoms with Crippen LogP contribution in [0.5, 0.6) is 5.75 Å². The zero-order chi connectivity index (χ0) is 22.8. The number of carbonyl (C=O) groups excluding carboxylic acids is 1. The summed E-state index contributed by atoms with van der Waals surface area (Å²) in [5.74, 6) is -2.95. The number of carboxylic acids is 2. The Hall–Kier alpha value is -3.10. The van der Waals surface area contributed by atoms with Gasteiger partial charge in [-0.15, -0.1) is 0 Å². The zero-order valence-corrected chi connectivity index (χ0v) is 17.9. The quantitative estimate of drug-likeness (QED) is 0.676. The summed E-state index contributed by atoms with van der Waals surface area (Å²) in [6, 6.07) is 15.5. The minimum atomic E-state index is -1.82. The van der Waals surface area contributed by atoms with E-state index in [1.54, 1.807) is 24.3 Å². The number of amides is 1. The first-order valence-corrected chi connectivity index (χ1v) is 10.0. The third kappa shape index (κ3) is 8.27. The van der Waals surface area contributed by atoms with Gasteiger partial charge in [0.05, 0.1) is 0 Å². The lowest BCUT2D eigenvalue weighted by molar-refractivity contribution is -0.159. The van der Waals surface area contributed by atoms with Gasteiger partial charge in [0.15, 0.2) is 6.61 Å². The molecule has 8 nitrogen and oxygen atoms in total. The van der Waals surface area contributed by atoms with Crippen LogP contribution < -0.4 is 4.74 Å². The monoisotopic (exact) mass is 448 g/mol. The fourth-order valence-electron chi connectivity index (χ4n) is 2.95. The summed E-state index contributed by atoms with van der Waals surface area (Å²) >= 11 is 5.84. The standard InChI is InChI=1S/C20H23ClN2O2.C2H2O4/c1-16-4-2-3-5-17(16)14-22-10-12-23(13-11-22)20(24)15-25-19-8-6-18(21)7-9-19;3-1(4)2(5)6/h2-9H,10-15H2,1H3;(H,3,4)(H,5,6). The average Bonchev–Trinajstić information content (AvgIpc) is 2.75. The number of piperazine rings is 1. The van der Waals surface area contributed by atoms with Crippen molar-refractivity contribution in [1.82, 2.24) is 9.80 Å². The third-order valence-electron chi connectivity index (χ3n) is 4.74. The van der Waals surface area contributed by atoms with Gasteiger partial charge in [-0.1, -0.05) is 35.9 Å². The number of aliphatic carboxylic acids is 2. The Morgan fingerprint density at radius 3 is 2.06 bits per heavy atom. The molecule has 1 aliphatic heterocycles. The maximum absolute atomic E-state index is 12.3. The van der Waals surface area contributed by atoms with E-state index in [1.165, 1.54) is 11.1 Å².